The van der Waals surface area contributed by atoms with Crippen LogP contribution in [0, 0.1) is 5.41 Å². The summed E-state index contributed by atoms with van der Waals surface area (Å²) in [5.41, 5.74) is 6.07. The second kappa shape index (κ2) is 6.07. The number of hydrogen-bond donors (Lipinski definition) is 2. The lowest BCUT2D eigenvalue weighted by atomic mass is 9.91. The van der Waals surface area contributed by atoms with Crippen molar-refractivity contribution < 1.29 is 9.47 Å². The zero-order valence-corrected chi connectivity index (χ0v) is 13.3. The average molecular weight is 327 g/mol. The lowest BCUT2D eigenvalue weighted by Crippen LogP contribution is -2.43. The first-order valence-electron chi connectivity index (χ1n) is 7.10. The monoisotopic (exact) mass is 326 g/mol. The van der Waals surface area contributed by atoms with Gasteiger partial charge in [-0.2, -0.15) is 11.8 Å². The molecule has 3 N–H and O–H groups in total. The van der Waals surface area contributed by atoms with E-state index < -0.39 is 0 Å². The van der Waals surface area contributed by atoms with Crippen molar-refractivity contribution in [2.75, 3.05) is 18.1 Å². The van der Waals surface area contributed by atoms with E-state index in [9.17, 15) is 0 Å². The van der Waals surface area contributed by atoms with Crippen LogP contribution in [-0.2, 0) is 4.74 Å². The fourth-order valence-corrected chi connectivity index (χ4v) is 4.49. The first kappa shape index (κ1) is 15.0. The number of nitrogen functional groups attached to an aromatic ring is 1. The van der Waals surface area contributed by atoms with Gasteiger partial charge in [-0.1, -0.05) is 11.6 Å². The van der Waals surface area contributed by atoms with Gasteiger partial charge in [0.25, 0.3) is 0 Å². The molecule has 2 unspecified atom stereocenters. The Morgan fingerprint density at radius 3 is 3.05 bits per heavy atom. The molecule has 0 saturated carbocycles. The molecule has 2 fully saturated rings. The van der Waals surface area contributed by atoms with Crippen LogP contribution in [0.3, 0.4) is 0 Å². The van der Waals surface area contributed by atoms with Crippen LogP contribution in [0.4, 0.5) is 0 Å². The first-order chi connectivity index (χ1) is 10.1. The molecule has 2 atom stereocenters. The van der Waals surface area contributed by atoms with Crippen LogP contribution >= 0.6 is 23.4 Å². The molecule has 21 heavy (non-hydrogen) atoms. The summed E-state index contributed by atoms with van der Waals surface area (Å²) < 4.78 is 12.1. The molecule has 0 radical (unpaired) electrons. The quantitative estimate of drug-likeness (QED) is 0.661. The van der Waals surface area contributed by atoms with Gasteiger partial charge >= 0.3 is 0 Å². The van der Waals surface area contributed by atoms with Gasteiger partial charge in [-0.25, -0.2) is 0 Å². The molecule has 2 aliphatic rings. The van der Waals surface area contributed by atoms with Crippen LogP contribution in [0.2, 0.25) is 5.02 Å². The maximum absolute atomic E-state index is 7.42. The molecule has 1 spiro atoms. The fourth-order valence-electron chi connectivity index (χ4n) is 2.89. The SMILES string of the molecule is N=C(N)c1ccc(OC2CCOC3(CCSC3)C2)c(Cl)c1. The standard InChI is InChI=1S/C15H19ClN2O2S/c16-12-7-10(14(17)18)1-2-13(12)20-11-3-5-19-15(8-11)4-6-21-9-15/h1-2,7,11H,3-6,8-9H2,(H3,17,18). The third kappa shape index (κ3) is 3.30. The van der Waals surface area contributed by atoms with Gasteiger partial charge in [-0.3, -0.25) is 5.41 Å². The van der Waals surface area contributed by atoms with Crippen molar-refractivity contribution in [3.63, 3.8) is 0 Å². The minimum atomic E-state index is -0.000610. The zero-order valence-electron chi connectivity index (χ0n) is 11.7. The van der Waals surface area contributed by atoms with Crippen molar-refractivity contribution in [2.45, 2.75) is 31.0 Å². The Morgan fingerprint density at radius 2 is 2.38 bits per heavy atom. The summed E-state index contributed by atoms with van der Waals surface area (Å²) >= 11 is 8.18. The van der Waals surface area contributed by atoms with Gasteiger partial charge in [0.1, 0.15) is 17.7 Å². The molecule has 2 heterocycles. The molecule has 1 aromatic rings. The number of nitrogens with two attached hydrogens (primary N) is 1. The minimum absolute atomic E-state index is 0.000610. The lowest BCUT2D eigenvalue weighted by Gasteiger charge is -2.37. The molecule has 6 heteroatoms. The maximum Gasteiger partial charge on any atom is 0.138 e. The summed E-state index contributed by atoms with van der Waals surface area (Å²) in [6.45, 7) is 0.744. The Morgan fingerprint density at radius 1 is 1.52 bits per heavy atom. The molecule has 0 aliphatic carbocycles. The van der Waals surface area contributed by atoms with E-state index in [1.165, 1.54) is 5.75 Å². The van der Waals surface area contributed by atoms with Crippen molar-refractivity contribution in [2.24, 2.45) is 5.73 Å². The van der Waals surface area contributed by atoms with Crippen LogP contribution in [0.5, 0.6) is 5.75 Å². The summed E-state index contributed by atoms with van der Waals surface area (Å²) in [7, 11) is 0. The molecule has 0 amide bonds. The molecular formula is C15H19ClN2O2S. The van der Waals surface area contributed by atoms with Gasteiger partial charge in [0.05, 0.1) is 17.2 Å². The Bertz CT molecular complexity index is 546. The summed E-state index contributed by atoms with van der Waals surface area (Å²) in [5.74, 6) is 2.90. The maximum atomic E-state index is 7.42. The second-order valence-electron chi connectivity index (χ2n) is 5.63. The molecule has 2 saturated heterocycles. The van der Waals surface area contributed by atoms with Crippen molar-refractivity contribution in [1.82, 2.24) is 0 Å². The Hall–Kier alpha value is -0.910. The van der Waals surface area contributed by atoms with E-state index in [4.69, 9.17) is 32.2 Å². The molecule has 3 rings (SSSR count). The average Bonchev–Trinajstić information content (AvgIpc) is 2.89. The molecule has 4 nitrogen and oxygen atoms in total. The number of thioether (sulfide) groups is 1. The number of nitrogens with one attached hydrogen (secondary N) is 1. The Balaban J connectivity index is 1.70. The highest BCUT2D eigenvalue weighted by atomic mass is 35.5. The molecular weight excluding hydrogens is 308 g/mol. The highest BCUT2D eigenvalue weighted by Gasteiger charge is 2.41. The van der Waals surface area contributed by atoms with Crippen LogP contribution < -0.4 is 10.5 Å². The molecule has 2 aliphatic heterocycles. The van der Waals surface area contributed by atoms with E-state index in [1.54, 1.807) is 18.2 Å². The Labute approximate surface area is 133 Å². The van der Waals surface area contributed by atoms with E-state index in [0.29, 0.717) is 16.3 Å². The van der Waals surface area contributed by atoms with Crippen LogP contribution in [0.1, 0.15) is 24.8 Å². The Kier molecular flexibility index (Phi) is 4.33. The lowest BCUT2D eigenvalue weighted by molar-refractivity contribution is -0.0958. The second-order valence-corrected chi connectivity index (χ2v) is 7.14. The predicted octanol–water partition coefficient (Wildman–Crippen LogP) is 3.06. The summed E-state index contributed by atoms with van der Waals surface area (Å²) in [6, 6.07) is 5.24. The molecule has 0 aromatic heterocycles. The smallest absolute Gasteiger partial charge is 0.138 e. The molecule has 114 valence electrons. The predicted molar refractivity (Wildman–Crippen MR) is 86.7 cm³/mol. The van der Waals surface area contributed by atoms with E-state index >= 15 is 0 Å². The van der Waals surface area contributed by atoms with Gasteiger partial charge in [-0.15, -0.1) is 0 Å². The van der Waals surface area contributed by atoms with Gasteiger partial charge < -0.3 is 15.2 Å². The number of hydrogen-bond acceptors (Lipinski definition) is 4. The van der Waals surface area contributed by atoms with E-state index in [1.807, 2.05) is 11.8 Å². The topological polar surface area (TPSA) is 68.3 Å². The van der Waals surface area contributed by atoms with Crippen molar-refractivity contribution in [3.8, 4) is 5.75 Å². The van der Waals surface area contributed by atoms with Crippen LogP contribution in [0.25, 0.3) is 0 Å². The largest absolute Gasteiger partial charge is 0.489 e. The van der Waals surface area contributed by atoms with Crippen LogP contribution in [-0.4, -0.2) is 35.7 Å². The normalized spacial score (nSPS) is 28.7. The van der Waals surface area contributed by atoms with Crippen molar-refractivity contribution in [3.05, 3.63) is 28.8 Å². The third-order valence-corrected chi connectivity index (χ3v) is 5.57. The zero-order chi connectivity index (χ0) is 14.9. The van der Waals surface area contributed by atoms with Crippen LogP contribution in [0.15, 0.2) is 18.2 Å². The van der Waals surface area contributed by atoms with Gasteiger partial charge in [-0.05, 0) is 30.4 Å². The minimum Gasteiger partial charge on any atom is -0.489 e. The number of amidine groups is 1. The third-order valence-electron chi connectivity index (χ3n) is 4.05. The summed E-state index contributed by atoms with van der Waals surface area (Å²) in [4.78, 5) is 0. The number of rotatable bonds is 3. The van der Waals surface area contributed by atoms with Crippen molar-refractivity contribution in [1.29, 1.82) is 5.41 Å². The highest BCUT2D eigenvalue weighted by Crippen LogP contribution is 2.40. The van der Waals surface area contributed by atoms with E-state index in [-0.39, 0.29) is 17.5 Å². The van der Waals surface area contributed by atoms with Gasteiger partial charge in [0.2, 0.25) is 0 Å². The number of halogens is 1. The molecule has 1 aromatic carbocycles. The number of ether oxygens (including phenoxy) is 2. The molecule has 0 bridgehead atoms. The number of benzene rings is 1. The van der Waals surface area contributed by atoms with E-state index in [0.717, 1.165) is 31.6 Å². The highest BCUT2D eigenvalue weighted by molar-refractivity contribution is 7.99. The van der Waals surface area contributed by atoms with E-state index in [2.05, 4.69) is 0 Å². The van der Waals surface area contributed by atoms with Gasteiger partial charge in [0, 0.05) is 24.2 Å². The fraction of sp³-hybridized carbons (Fsp3) is 0.533. The summed E-state index contributed by atoms with van der Waals surface area (Å²) in [6.07, 6.45) is 3.05. The van der Waals surface area contributed by atoms with Crippen molar-refractivity contribution >= 4 is 29.2 Å². The van der Waals surface area contributed by atoms with Gasteiger partial charge in [0.15, 0.2) is 0 Å². The summed E-state index contributed by atoms with van der Waals surface area (Å²) in [5, 5.41) is 7.93. The first-order valence-corrected chi connectivity index (χ1v) is 8.64.